The van der Waals surface area contributed by atoms with E-state index >= 15 is 0 Å². The van der Waals surface area contributed by atoms with Crippen LogP contribution >= 0.6 is 11.3 Å². The number of H-pyrrole nitrogens is 1. The molecule has 0 aliphatic carbocycles. The second kappa shape index (κ2) is 5.35. The summed E-state index contributed by atoms with van der Waals surface area (Å²) in [6.45, 7) is 6.20. The van der Waals surface area contributed by atoms with Gasteiger partial charge in [-0.2, -0.15) is 5.10 Å². The van der Waals surface area contributed by atoms with E-state index in [-0.39, 0.29) is 0 Å². The summed E-state index contributed by atoms with van der Waals surface area (Å²) in [6.07, 6.45) is 4.02. The van der Waals surface area contributed by atoms with E-state index in [0.29, 0.717) is 5.92 Å². The Kier molecular flexibility index (Phi) is 3.33. The molecule has 1 atom stereocenters. The van der Waals surface area contributed by atoms with Gasteiger partial charge >= 0.3 is 0 Å². The van der Waals surface area contributed by atoms with Crippen LogP contribution in [0, 0.1) is 6.92 Å². The van der Waals surface area contributed by atoms with Crippen LogP contribution in [0.2, 0.25) is 0 Å². The molecular formula is C16H19N5S. The van der Waals surface area contributed by atoms with Gasteiger partial charge in [0, 0.05) is 35.8 Å². The number of nitrogens with one attached hydrogen (secondary N) is 1. The maximum absolute atomic E-state index is 4.74. The maximum atomic E-state index is 4.74. The minimum absolute atomic E-state index is 0.511. The smallest absolute Gasteiger partial charge is 0.141 e. The first-order valence-electron chi connectivity index (χ1n) is 7.76. The van der Waals surface area contributed by atoms with E-state index in [2.05, 4.69) is 39.1 Å². The molecule has 0 amide bonds. The molecule has 0 radical (unpaired) electrons. The van der Waals surface area contributed by atoms with Gasteiger partial charge in [0.2, 0.25) is 0 Å². The van der Waals surface area contributed by atoms with Crippen molar-refractivity contribution in [3.8, 4) is 0 Å². The lowest BCUT2D eigenvalue weighted by Gasteiger charge is -2.18. The molecule has 0 bridgehead atoms. The van der Waals surface area contributed by atoms with Gasteiger partial charge < -0.3 is 4.90 Å². The third-order valence-corrected chi connectivity index (χ3v) is 5.51. The lowest BCUT2D eigenvalue weighted by Crippen LogP contribution is -2.21. The molecule has 1 saturated heterocycles. The van der Waals surface area contributed by atoms with Crippen molar-refractivity contribution in [2.24, 2.45) is 0 Å². The third kappa shape index (κ3) is 2.27. The number of hydrogen-bond acceptors (Lipinski definition) is 5. The Labute approximate surface area is 133 Å². The van der Waals surface area contributed by atoms with Crippen molar-refractivity contribution in [2.45, 2.75) is 32.6 Å². The Bertz CT molecular complexity index is 792. The Morgan fingerprint density at radius 3 is 3.09 bits per heavy atom. The van der Waals surface area contributed by atoms with Gasteiger partial charge in [-0.3, -0.25) is 5.10 Å². The van der Waals surface area contributed by atoms with E-state index in [9.17, 15) is 0 Å². The van der Waals surface area contributed by atoms with Crippen molar-refractivity contribution in [3.05, 3.63) is 34.7 Å². The largest absolute Gasteiger partial charge is 0.355 e. The van der Waals surface area contributed by atoms with Crippen LogP contribution in [0.4, 0.5) is 5.82 Å². The monoisotopic (exact) mass is 313 g/mol. The fourth-order valence-electron chi connectivity index (χ4n) is 3.18. The minimum Gasteiger partial charge on any atom is -0.355 e. The standard InChI is InChI=1S/C16H19N5S/c1-3-12-8-13-15(18-10(2)19-16(13)22-12)21-7-5-11(9-21)14-4-6-17-20-14/h4,6,8,11H,3,5,7,9H2,1-2H3,(H,17,20). The van der Waals surface area contributed by atoms with E-state index in [1.807, 2.05) is 13.1 Å². The van der Waals surface area contributed by atoms with Crippen LogP contribution in [-0.4, -0.2) is 33.3 Å². The van der Waals surface area contributed by atoms with Gasteiger partial charge in [0.25, 0.3) is 0 Å². The van der Waals surface area contributed by atoms with Crippen LogP contribution < -0.4 is 4.90 Å². The van der Waals surface area contributed by atoms with Gasteiger partial charge in [0.1, 0.15) is 16.5 Å². The number of aromatic nitrogens is 4. The van der Waals surface area contributed by atoms with Gasteiger partial charge in [0.15, 0.2) is 0 Å². The van der Waals surface area contributed by atoms with Crippen LogP contribution in [0.1, 0.15) is 35.7 Å². The van der Waals surface area contributed by atoms with Crippen LogP contribution in [0.3, 0.4) is 0 Å². The molecular weight excluding hydrogens is 294 g/mol. The first-order valence-corrected chi connectivity index (χ1v) is 8.57. The molecule has 4 heterocycles. The summed E-state index contributed by atoms with van der Waals surface area (Å²) >= 11 is 1.79. The lowest BCUT2D eigenvalue weighted by molar-refractivity contribution is 0.737. The highest BCUT2D eigenvalue weighted by Gasteiger charge is 2.27. The van der Waals surface area contributed by atoms with Crippen molar-refractivity contribution in [1.82, 2.24) is 20.2 Å². The lowest BCUT2D eigenvalue weighted by atomic mass is 10.1. The highest BCUT2D eigenvalue weighted by molar-refractivity contribution is 7.18. The number of aromatic amines is 1. The average molecular weight is 313 g/mol. The van der Waals surface area contributed by atoms with E-state index in [1.165, 1.54) is 16.0 Å². The zero-order valence-electron chi connectivity index (χ0n) is 12.8. The van der Waals surface area contributed by atoms with Crippen molar-refractivity contribution in [2.75, 3.05) is 18.0 Å². The first-order chi connectivity index (χ1) is 10.7. The predicted octanol–water partition coefficient (Wildman–Crippen LogP) is 3.28. The quantitative estimate of drug-likeness (QED) is 0.806. The number of thiophene rings is 1. The Balaban J connectivity index is 1.70. The molecule has 4 rings (SSSR count). The predicted molar refractivity (Wildman–Crippen MR) is 89.7 cm³/mol. The van der Waals surface area contributed by atoms with Gasteiger partial charge in [-0.15, -0.1) is 11.3 Å². The number of rotatable bonds is 3. The molecule has 1 N–H and O–H groups in total. The van der Waals surface area contributed by atoms with E-state index in [0.717, 1.165) is 42.4 Å². The minimum atomic E-state index is 0.511. The molecule has 6 heteroatoms. The van der Waals surface area contributed by atoms with E-state index < -0.39 is 0 Å². The number of aryl methyl sites for hydroxylation is 2. The Morgan fingerprint density at radius 2 is 2.32 bits per heavy atom. The van der Waals surface area contributed by atoms with Crippen LogP contribution in [-0.2, 0) is 6.42 Å². The fourth-order valence-corrected chi connectivity index (χ4v) is 4.18. The molecule has 0 aromatic carbocycles. The fraction of sp³-hybridized carbons (Fsp3) is 0.438. The van der Waals surface area contributed by atoms with Crippen LogP contribution in [0.5, 0.6) is 0 Å². The van der Waals surface area contributed by atoms with Crippen molar-refractivity contribution >= 4 is 27.4 Å². The topological polar surface area (TPSA) is 57.7 Å². The maximum Gasteiger partial charge on any atom is 0.141 e. The van der Waals surface area contributed by atoms with E-state index in [4.69, 9.17) is 4.98 Å². The first kappa shape index (κ1) is 13.7. The van der Waals surface area contributed by atoms with Crippen LogP contribution in [0.25, 0.3) is 10.2 Å². The molecule has 0 spiro atoms. The van der Waals surface area contributed by atoms with E-state index in [1.54, 1.807) is 11.3 Å². The average Bonchev–Trinajstić information content (AvgIpc) is 3.24. The molecule has 1 unspecified atom stereocenters. The molecule has 3 aromatic rings. The Hall–Kier alpha value is -1.95. The molecule has 3 aromatic heterocycles. The van der Waals surface area contributed by atoms with Crippen molar-refractivity contribution in [3.63, 3.8) is 0 Å². The van der Waals surface area contributed by atoms with Crippen molar-refractivity contribution in [1.29, 1.82) is 0 Å². The molecule has 1 aliphatic rings. The van der Waals surface area contributed by atoms with Gasteiger partial charge in [-0.25, -0.2) is 9.97 Å². The second-order valence-electron chi connectivity index (χ2n) is 5.82. The zero-order chi connectivity index (χ0) is 15.1. The summed E-state index contributed by atoms with van der Waals surface area (Å²) in [5.41, 5.74) is 1.23. The molecule has 0 saturated carbocycles. The summed E-state index contributed by atoms with van der Waals surface area (Å²) in [5.74, 6) is 2.47. The summed E-state index contributed by atoms with van der Waals surface area (Å²) < 4.78 is 0. The molecule has 5 nitrogen and oxygen atoms in total. The highest BCUT2D eigenvalue weighted by atomic mass is 32.1. The number of hydrogen-bond donors (Lipinski definition) is 1. The SMILES string of the molecule is CCc1cc2c(N3CCC(c4ccn[nH]4)C3)nc(C)nc2s1. The van der Waals surface area contributed by atoms with Crippen molar-refractivity contribution < 1.29 is 0 Å². The summed E-state index contributed by atoms with van der Waals surface area (Å²) in [5, 5.41) is 8.39. The number of nitrogens with zero attached hydrogens (tertiary/aromatic N) is 4. The Morgan fingerprint density at radius 1 is 1.41 bits per heavy atom. The summed E-state index contributed by atoms with van der Waals surface area (Å²) in [6, 6.07) is 4.34. The van der Waals surface area contributed by atoms with Gasteiger partial charge in [-0.05, 0) is 31.9 Å². The van der Waals surface area contributed by atoms with Gasteiger partial charge in [0.05, 0.1) is 5.39 Å². The third-order valence-electron chi connectivity index (χ3n) is 4.33. The van der Waals surface area contributed by atoms with Gasteiger partial charge in [-0.1, -0.05) is 6.92 Å². The molecule has 114 valence electrons. The van der Waals surface area contributed by atoms with Crippen LogP contribution in [0.15, 0.2) is 18.3 Å². The summed E-state index contributed by atoms with van der Waals surface area (Å²) in [4.78, 5) is 14.2. The molecule has 1 fully saturated rings. The molecule has 22 heavy (non-hydrogen) atoms. The normalized spacial score (nSPS) is 18.5. The number of fused-ring (bicyclic) bond motifs is 1. The second-order valence-corrected chi connectivity index (χ2v) is 6.94. The molecule has 1 aliphatic heterocycles. The number of anilines is 1. The zero-order valence-corrected chi connectivity index (χ0v) is 13.7. The summed E-state index contributed by atoms with van der Waals surface area (Å²) in [7, 11) is 0. The highest BCUT2D eigenvalue weighted by Crippen LogP contribution is 2.35.